The van der Waals surface area contributed by atoms with Gasteiger partial charge in [0.2, 0.25) is 13.6 Å². The van der Waals surface area contributed by atoms with Crippen molar-refractivity contribution < 1.29 is 61.9 Å². The zero-order valence-corrected chi connectivity index (χ0v) is 22.5. The molecule has 212 valence electrons. The molecule has 0 saturated heterocycles. The van der Waals surface area contributed by atoms with Crippen LogP contribution in [0.1, 0.15) is 13.3 Å². The topological polar surface area (TPSA) is 167 Å². The van der Waals surface area contributed by atoms with Crippen LogP contribution in [0.2, 0.25) is 0 Å². The van der Waals surface area contributed by atoms with E-state index in [0.29, 0.717) is 11.5 Å². The molecule has 0 bridgehead atoms. The number of terminal acetylenes is 2. The lowest BCUT2D eigenvalue weighted by molar-refractivity contribution is -0.171. The van der Waals surface area contributed by atoms with E-state index in [1.165, 1.54) is 47.3 Å². The van der Waals surface area contributed by atoms with Gasteiger partial charge in [-0.15, -0.1) is 36.4 Å². The fraction of sp³-hybridized carbons (Fsp3) is 0.417. The van der Waals surface area contributed by atoms with Crippen LogP contribution in [0.15, 0.2) is 23.0 Å². The maximum atomic E-state index is 11.8. The summed E-state index contributed by atoms with van der Waals surface area (Å²) in [5.74, 6) is 0.0977. The maximum absolute atomic E-state index is 11.8. The van der Waals surface area contributed by atoms with Crippen LogP contribution >= 0.6 is 23.5 Å². The molecular weight excluding hydrogens is 560 g/mol. The second-order valence-electron chi connectivity index (χ2n) is 6.40. The number of thioether (sulfide) groups is 2. The summed E-state index contributed by atoms with van der Waals surface area (Å²) >= 11 is 2.61. The van der Waals surface area contributed by atoms with Gasteiger partial charge >= 0.3 is 35.8 Å². The molecule has 0 aliphatic rings. The number of hydrogen-bond donors (Lipinski definition) is 0. The van der Waals surface area contributed by atoms with Gasteiger partial charge in [-0.3, -0.25) is 14.4 Å². The first-order valence-corrected chi connectivity index (χ1v) is 12.8. The van der Waals surface area contributed by atoms with Gasteiger partial charge in [-0.1, -0.05) is 5.92 Å². The van der Waals surface area contributed by atoms with Crippen molar-refractivity contribution in [1.82, 2.24) is 0 Å². The molecule has 39 heavy (non-hydrogen) atoms. The molecule has 0 aromatic carbocycles. The first-order valence-electron chi connectivity index (χ1n) is 10.7. The van der Waals surface area contributed by atoms with Crippen molar-refractivity contribution in [2.75, 3.05) is 44.9 Å². The van der Waals surface area contributed by atoms with Crippen LogP contribution in [0.4, 0.5) is 0 Å². The number of carbonyl (C=O) groups excluding carboxylic acids is 6. The Labute approximate surface area is 233 Å². The molecule has 0 aromatic heterocycles. The van der Waals surface area contributed by atoms with E-state index in [0.717, 1.165) is 6.08 Å². The Balaban J connectivity index is 3.93. The van der Waals surface area contributed by atoms with Gasteiger partial charge in [-0.25, -0.2) is 14.4 Å². The van der Waals surface area contributed by atoms with Gasteiger partial charge in [0.1, 0.15) is 32.3 Å². The smallest absolute Gasteiger partial charge is 0.386 e. The van der Waals surface area contributed by atoms with Gasteiger partial charge in [0.05, 0.1) is 0 Å². The number of carbonyl (C=O) groups is 6. The Hall–Kier alpha value is -3.92. The number of rotatable bonds is 19. The third-order valence-electron chi connectivity index (χ3n) is 3.44. The Morgan fingerprint density at radius 2 is 1.31 bits per heavy atom. The molecule has 1 unspecified atom stereocenters. The molecule has 13 nitrogen and oxygen atoms in total. The molecule has 0 fully saturated rings. The van der Waals surface area contributed by atoms with Crippen molar-refractivity contribution in [2.45, 2.75) is 19.4 Å². The average Bonchev–Trinajstić information content (AvgIpc) is 2.89. The molecule has 0 amide bonds. The van der Waals surface area contributed by atoms with Crippen molar-refractivity contribution in [3.8, 4) is 24.7 Å². The van der Waals surface area contributed by atoms with Gasteiger partial charge in [0.15, 0.2) is 0 Å². The molecule has 0 spiro atoms. The zero-order valence-electron chi connectivity index (χ0n) is 20.8. The lowest BCUT2D eigenvalue weighted by Gasteiger charge is -2.15. The second-order valence-corrected chi connectivity index (χ2v) is 8.43. The Bertz CT molecular complexity index is 975. The van der Waals surface area contributed by atoms with E-state index in [4.69, 9.17) is 27.1 Å². The van der Waals surface area contributed by atoms with E-state index in [1.807, 2.05) is 0 Å². The molecule has 0 aliphatic heterocycles. The first-order chi connectivity index (χ1) is 18.7. The van der Waals surface area contributed by atoms with Crippen molar-refractivity contribution in [1.29, 1.82) is 0 Å². The van der Waals surface area contributed by atoms with Crippen LogP contribution in [0, 0.1) is 24.7 Å². The predicted molar refractivity (Wildman–Crippen MR) is 137 cm³/mol. The molecule has 1 atom stereocenters. The average molecular weight is 587 g/mol. The highest BCUT2D eigenvalue weighted by atomic mass is 32.2. The minimum Gasteiger partial charge on any atom is -0.463 e. The van der Waals surface area contributed by atoms with Crippen LogP contribution in [0.3, 0.4) is 0 Å². The fourth-order valence-electron chi connectivity index (χ4n) is 1.80. The van der Waals surface area contributed by atoms with Crippen LogP contribution in [-0.4, -0.2) is 86.8 Å². The standard InChI is InChI=1S/C24H26O13S2/c1-4-8-31-19(14-32-18(3)25)15-33-21(27)6-9-38-11-12-39-10-7-22(28)35-17-37-24(30)13-23(29)36-16-34-20(26)5-2/h1-2,6-7,9-10,19H,8,11-17H2,3H3/b9-6+,10-7+. The molecule has 0 heterocycles. The lowest BCUT2D eigenvalue weighted by Crippen LogP contribution is -2.28. The lowest BCUT2D eigenvalue weighted by atomic mass is 10.4. The van der Waals surface area contributed by atoms with E-state index in [9.17, 15) is 28.8 Å². The van der Waals surface area contributed by atoms with E-state index < -0.39 is 61.9 Å². The Kier molecular flexibility index (Phi) is 20.9. The summed E-state index contributed by atoms with van der Waals surface area (Å²) < 4.78 is 33.0. The zero-order chi connectivity index (χ0) is 29.3. The van der Waals surface area contributed by atoms with Gasteiger partial charge in [-0.2, -0.15) is 0 Å². The minimum absolute atomic E-state index is 0.0262. The summed E-state index contributed by atoms with van der Waals surface area (Å²) in [5, 5.41) is 3.01. The Morgan fingerprint density at radius 3 is 1.85 bits per heavy atom. The van der Waals surface area contributed by atoms with Crippen molar-refractivity contribution >= 4 is 59.3 Å². The predicted octanol–water partition coefficient (Wildman–Crippen LogP) is 0.716. The van der Waals surface area contributed by atoms with Crippen molar-refractivity contribution in [3.05, 3.63) is 23.0 Å². The van der Waals surface area contributed by atoms with E-state index in [-0.39, 0.29) is 19.8 Å². The highest BCUT2D eigenvalue weighted by molar-refractivity contribution is 8.05. The van der Waals surface area contributed by atoms with Crippen molar-refractivity contribution in [3.63, 3.8) is 0 Å². The number of hydrogen-bond acceptors (Lipinski definition) is 15. The van der Waals surface area contributed by atoms with E-state index >= 15 is 0 Å². The molecule has 0 aromatic rings. The van der Waals surface area contributed by atoms with Gasteiger partial charge in [0, 0.05) is 36.5 Å². The van der Waals surface area contributed by atoms with Crippen LogP contribution < -0.4 is 0 Å². The molecule has 0 rings (SSSR count). The van der Waals surface area contributed by atoms with Crippen LogP contribution in [0.5, 0.6) is 0 Å². The monoisotopic (exact) mass is 586 g/mol. The molecular formula is C24H26O13S2. The molecule has 0 aliphatic carbocycles. The fourth-order valence-corrected chi connectivity index (χ4v) is 3.25. The van der Waals surface area contributed by atoms with Crippen LogP contribution in [-0.2, 0) is 61.9 Å². The van der Waals surface area contributed by atoms with Gasteiger partial charge in [-0.05, 0) is 10.8 Å². The summed E-state index contributed by atoms with van der Waals surface area (Å²) in [7, 11) is 0. The largest absolute Gasteiger partial charge is 0.463 e. The normalized spacial score (nSPS) is 11.1. The minimum atomic E-state index is -1.04. The van der Waals surface area contributed by atoms with Gasteiger partial charge in [0.25, 0.3) is 0 Å². The summed E-state index contributed by atoms with van der Waals surface area (Å²) in [6, 6.07) is 0. The van der Waals surface area contributed by atoms with Crippen molar-refractivity contribution in [2.24, 2.45) is 0 Å². The second kappa shape index (κ2) is 23.2. The highest BCUT2D eigenvalue weighted by Crippen LogP contribution is 2.09. The number of ether oxygens (including phenoxy) is 7. The van der Waals surface area contributed by atoms with E-state index in [2.05, 4.69) is 24.9 Å². The molecule has 15 heteroatoms. The molecule has 0 N–H and O–H groups in total. The highest BCUT2D eigenvalue weighted by Gasteiger charge is 2.14. The maximum Gasteiger partial charge on any atom is 0.386 e. The van der Waals surface area contributed by atoms with E-state index in [1.54, 1.807) is 5.92 Å². The first kappa shape index (κ1) is 35.1. The molecule has 0 radical (unpaired) electrons. The third-order valence-corrected chi connectivity index (χ3v) is 5.24. The molecule has 0 saturated carbocycles. The quantitative estimate of drug-likeness (QED) is 0.0303. The van der Waals surface area contributed by atoms with Crippen LogP contribution in [0.25, 0.3) is 0 Å². The number of esters is 6. The summed E-state index contributed by atoms with van der Waals surface area (Å²) in [5.41, 5.74) is 0. The third kappa shape index (κ3) is 23.0. The Morgan fingerprint density at radius 1 is 0.769 bits per heavy atom. The summed E-state index contributed by atoms with van der Waals surface area (Å²) in [4.78, 5) is 67.6. The SMILES string of the molecule is C#CCOC(COC(C)=O)COC(=O)/C=C/SCCS/C=C/C(=O)OCOC(=O)CC(=O)OCOC(=O)C#C. The van der Waals surface area contributed by atoms with Gasteiger partial charge < -0.3 is 33.2 Å². The summed E-state index contributed by atoms with van der Waals surface area (Å²) in [6.07, 6.45) is 10.7. The summed E-state index contributed by atoms with van der Waals surface area (Å²) in [6.45, 7) is -0.497.